The molecule has 0 amide bonds. The average Bonchev–Trinajstić information content (AvgIpc) is 2.67. The van der Waals surface area contributed by atoms with Crippen LogP contribution in [0.1, 0.15) is 0 Å². The molecule has 0 aliphatic carbocycles. The lowest BCUT2D eigenvalue weighted by Crippen LogP contribution is -1.98. The summed E-state index contributed by atoms with van der Waals surface area (Å²) in [5.41, 5.74) is 7.04. The lowest BCUT2D eigenvalue weighted by Gasteiger charge is -2.06. The molecule has 0 fully saturated rings. The van der Waals surface area contributed by atoms with Crippen LogP contribution in [0.15, 0.2) is 24.5 Å². The second kappa shape index (κ2) is 4.09. The fourth-order valence-electron chi connectivity index (χ4n) is 1.32. The van der Waals surface area contributed by atoms with E-state index >= 15 is 0 Å². The number of pyridine rings is 1. The maximum atomic E-state index is 5.67. The van der Waals surface area contributed by atoms with Gasteiger partial charge in [-0.3, -0.25) is 4.68 Å². The number of hydrogen-bond donors (Lipinski definition) is 2. The van der Waals surface area contributed by atoms with Crippen LogP contribution in [0.25, 0.3) is 0 Å². The van der Waals surface area contributed by atoms with Crippen molar-refractivity contribution in [2.45, 2.75) is 0 Å². The van der Waals surface area contributed by atoms with Crippen molar-refractivity contribution in [2.75, 3.05) is 18.2 Å². The largest absolute Gasteiger partial charge is 0.479 e. The van der Waals surface area contributed by atoms with Gasteiger partial charge in [0.05, 0.1) is 24.7 Å². The van der Waals surface area contributed by atoms with Crippen molar-refractivity contribution < 1.29 is 4.74 Å². The van der Waals surface area contributed by atoms with Gasteiger partial charge in [-0.15, -0.1) is 0 Å². The summed E-state index contributed by atoms with van der Waals surface area (Å²) in [4.78, 5) is 4.20. The summed E-state index contributed by atoms with van der Waals surface area (Å²) in [7, 11) is 3.38. The molecule has 0 unspecified atom stereocenters. The van der Waals surface area contributed by atoms with E-state index in [9.17, 15) is 0 Å². The zero-order valence-electron chi connectivity index (χ0n) is 9.14. The van der Waals surface area contributed by atoms with Crippen LogP contribution < -0.4 is 15.8 Å². The lowest BCUT2D eigenvalue weighted by molar-refractivity contribution is 0.401. The molecular weight excluding hydrogens is 206 g/mol. The molecule has 3 N–H and O–H groups in total. The van der Waals surface area contributed by atoms with Gasteiger partial charge in [0.1, 0.15) is 5.82 Å². The molecule has 0 atom stereocenters. The number of methoxy groups -OCH3 is 1. The Labute approximate surface area is 93.0 Å². The third-order valence-electron chi connectivity index (χ3n) is 2.06. The second-order valence-corrected chi connectivity index (χ2v) is 3.32. The quantitative estimate of drug-likeness (QED) is 0.809. The fraction of sp³-hybridized carbons (Fsp3) is 0.200. The smallest absolute Gasteiger partial charge is 0.238 e. The van der Waals surface area contributed by atoms with Gasteiger partial charge in [0.25, 0.3) is 0 Å². The van der Waals surface area contributed by atoms with Crippen LogP contribution in [0.3, 0.4) is 0 Å². The highest BCUT2D eigenvalue weighted by molar-refractivity contribution is 5.59. The number of aryl methyl sites for hydroxylation is 1. The van der Waals surface area contributed by atoms with Gasteiger partial charge in [0.15, 0.2) is 0 Å². The molecule has 84 valence electrons. The van der Waals surface area contributed by atoms with Crippen LogP contribution in [-0.4, -0.2) is 21.9 Å². The van der Waals surface area contributed by atoms with Gasteiger partial charge in [-0.25, -0.2) is 0 Å². The van der Waals surface area contributed by atoms with Crippen molar-refractivity contribution in [3.05, 3.63) is 24.5 Å². The predicted molar refractivity (Wildman–Crippen MR) is 61.7 cm³/mol. The maximum Gasteiger partial charge on any atom is 0.238 e. The first-order valence-electron chi connectivity index (χ1n) is 4.75. The molecule has 2 rings (SSSR count). The SMILES string of the molecule is COc1nc(Nc2cnn(C)c2)ccc1N. The molecule has 0 aliphatic heterocycles. The van der Waals surface area contributed by atoms with Gasteiger partial charge in [-0.05, 0) is 12.1 Å². The molecule has 6 nitrogen and oxygen atoms in total. The summed E-state index contributed by atoms with van der Waals surface area (Å²) >= 11 is 0. The fourth-order valence-corrected chi connectivity index (χ4v) is 1.32. The molecule has 0 radical (unpaired) electrons. The van der Waals surface area contributed by atoms with Crippen LogP contribution in [0.4, 0.5) is 17.2 Å². The topological polar surface area (TPSA) is 78.0 Å². The average molecular weight is 219 g/mol. The summed E-state index contributed by atoms with van der Waals surface area (Å²) in [6.45, 7) is 0. The van der Waals surface area contributed by atoms with E-state index in [1.807, 2.05) is 13.2 Å². The molecule has 2 heterocycles. The van der Waals surface area contributed by atoms with Crippen LogP contribution >= 0.6 is 0 Å². The number of anilines is 3. The number of rotatable bonds is 3. The molecule has 2 aromatic heterocycles. The molecule has 0 spiro atoms. The van der Waals surface area contributed by atoms with Crippen molar-refractivity contribution in [3.8, 4) is 5.88 Å². The number of hydrogen-bond acceptors (Lipinski definition) is 5. The molecule has 16 heavy (non-hydrogen) atoms. The number of nitrogen functional groups attached to an aromatic ring is 1. The first kappa shape index (κ1) is 10.3. The number of nitrogens with one attached hydrogen (secondary N) is 1. The zero-order chi connectivity index (χ0) is 11.5. The highest BCUT2D eigenvalue weighted by Gasteiger charge is 2.03. The lowest BCUT2D eigenvalue weighted by atomic mass is 10.4. The number of ether oxygens (including phenoxy) is 1. The maximum absolute atomic E-state index is 5.67. The first-order chi connectivity index (χ1) is 7.69. The summed E-state index contributed by atoms with van der Waals surface area (Å²) in [6, 6.07) is 3.52. The minimum absolute atomic E-state index is 0.411. The molecule has 0 saturated carbocycles. The highest BCUT2D eigenvalue weighted by Crippen LogP contribution is 2.22. The van der Waals surface area contributed by atoms with Crippen molar-refractivity contribution >= 4 is 17.2 Å². The van der Waals surface area contributed by atoms with E-state index in [0.717, 1.165) is 5.69 Å². The van der Waals surface area contributed by atoms with E-state index in [2.05, 4.69) is 15.4 Å². The molecular formula is C10H13N5O. The standard InChI is InChI=1S/C10H13N5O/c1-15-6-7(5-12-15)13-9-4-3-8(11)10(14-9)16-2/h3-6H,11H2,1-2H3,(H,13,14). The van der Waals surface area contributed by atoms with E-state index in [1.165, 1.54) is 7.11 Å². The number of nitrogens with zero attached hydrogens (tertiary/aromatic N) is 3. The Morgan fingerprint density at radius 3 is 2.88 bits per heavy atom. The van der Waals surface area contributed by atoms with Crippen molar-refractivity contribution in [1.82, 2.24) is 14.8 Å². The van der Waals surface area contributed by atoms with Crippen LogP contribution in [-0.2, 0) is 7.05 Å². The normalized spacial score (nSPS) is 10.1. The molecule has 0 saturated heterocycles. The summed E-state index contributed by atoms with van der Waals surface area (Å²) in [5, 5.41) is 7.14. The van der Waals surface area contributed by atoms with E-state index < -0.39 is 0 Å². The Bertz CT molecular complexity index is 494. The van der Waals surface area contributed by atoms with Crippen LogP contribution in [0.2, 0.25) is 0 Å². The van der Waals surface area contributed by atoms with Gasteiger partial charge in [0.2, 0.25) is 5.88 Å². The van der Waals surface area contributed by atoms with Gasteiger partial charge >= 0.3 is 0 Å². The second-order valence-electron chi connectivity index (χ2n) is 3.32. The Morgan fingerprint density at radius 2 is 2.25 bits per heavy atom. The first-order valence-corrected chi connectivity index (χ1v) is 4.75. The van der Waals surface area contributed by atoms with Crippen molar-refractivity contribution in [3.63, 3.8) is 0 Å². The van der Waals surface area contributed by atoms with Crippen molar-refractivity contribution in [2.24, 2.45) is 7.05 Å². The van der Waals surface area contributed by atoms with E-state index in [1.54, 1.807) is 23.0 Å². The van der Waals surface area contributed by atoms with Gasteiger partial charge in [0, 0.05) is 13.2 Å². The van der Waals surface area contributed by atoms with Crippen LogP contribution in [0.5, 0.6) is 5.88 Å². The molecule has 0 bridgehead atoms. The minimum atomic E-state index is 0.411. The Morgan fingerprint density at radius 1 is 1.44 bits per heavy atom. The van der Waals surface area contributed by atoms with Crippen molar-refractivity contribution in [1.29, 1.82) is 0 Å². The molecule has 0 aliphatic rings. The van der Waals surface area contributed by atoms with E-state index in [4.69, 9.17) is 10.5 Å². The molecule has 6 heteroatoms. The third kappa shape index (κ3) is 2.05. The minimum Gasteiger partial charge on any atom is -0.479 e. The van der Waals surface area contributed by atoms with Gasteiger partial charge < -0.3 is 15.8 Å². The van der Waals surface area contributed by atoms with Gasteiger partial charge in [-0.1, -0.05) is 0 Å². The summed E-state index contributed by atoms with van der Waals surface area (Å²) in [6.07, 6.45) is 3.56. The van der Waals surface area contributed by atoms with E-state index in [0.29, 0.717) is 17.4 Å². The monoisotopic (exact) mass is 219 g/mol. The summed E-state index contributed by atoms with van der Waals surface area (Å²) in [5.74, 6) is 1.08. The highest BCUT2D eigenvalue weighted by atomic mass is 16.5. The third-order valence-corrected chi connectivity index (χ3v) is 2.06. The Hall–Kier alpha value is -2.24. The van der Waals surface area contributed by atoms with E-state index in [-0.39, 0.29) is 0 Å². The Kier molecular flexibility index (Phi) is 2.63. The van der Waals surface area contributed by atoms with Crippen LogP contribution in [0, 0.1) is 0 Å². The summed E-state index contributed by atoms with van der Waals surface area (Å²) < 4.78 is 6.74. The Balaban J connectivity index is 2.21. The number of aromatic nitrogens is 3. The molecule has 0 aromatic carbocycles. The molecule has 2 aromatic rings. The zero-order valence-corrected chi connectivity index (χ0v) is 9.14. The number of nitrogens with two attached hydrogens (primary N) is 1. The van der Waals surface area contributed by atoms with Gasteiger partial charge in [-0.2, -0.15) is 10.1 Å². The predicted octanol–water partition coefficient (Wildman–Crippen LogP) is 1.15.